The van der Waals surface area contributed by atoms with Crippen molar-refractivity contribution in [3.63, 3.8) is 0 Å². The quantitative estimate of drug-likeness (QED) is 0.185. The molecule has 35 heavy (non-hydrogen) atoms. The van der Waals surface area contributed by atoms with Gasteiger partial charge < -0.3 is 19.7 Å². The first-order chi connectivity index (χ1) is 16.7. The van der Waals surface area contributed by atoms with Gasteiger partial charge in [-0.3, -0.25) is 19.7 Å². The highest BCUT2D eigenvalue weighted by Crippen LogP contribution is 2.45. The van der Waals surface area contributed by atoms with Gasteiger partial charge in [0.2, 0.25) is 5.91 Å². The summed E-state index contributed by atoms with van der Waals surface area (Å²) < 4.78 is 10.8. The van der Waals surface area contributed by atoms with Gasteiger partial charge in [0.1, 0.15) is 23.8 Å². The highest BCUT2D eigenvalue weighted by atomic mass is 35.5. The third-order valence-corrected chi connectivity index (χ3v) is 7.75. The van der Waals surface area contributed by atoms with E-state index < -0.39 is 45.0 Å². The van der Waals surface area contributed by atoms with Crippen LogP contribution in [0.1, 0.15) is 12.5 Å². The molecule has 2 aliphatic rings. The first-order valence-corrected chi connectivity index (χ1v) is 12.1. The molecule has 4 rings (SSSR count). The number of hydrogen-bond donors (Lipinski definition) is 1. The zero-order valence-electron chi connectivity index (χ0n) is 18.6. The third-order valence-electron chi connectivity index (χ3n) is 5.65. The van der Waals surface area contributed by atoms with E-state index in [4.69, 9.17) is 21.1 Å². The maximum atomic E-state index is 13.0. The number of halogens is 1. The van der Waals surface area contributed by atoms with Crippen molar-refractivity contribution < 1.29 is 28.8 Å². The zero-order chi connectivity index (χ0) is 25.2. The predicted octanol–water partition coefficient (Wildman–Crippen LogP) is 2.48. The van der Waals surface area contributed by atoms with Crippen LogP contribution >= 0.6 is 23.4 Å². The molecule has 2 heterocycles. The minimum Gasteiger partial charge on any atom is -0.484 e. The minimum absolute atomic E-state index is 0.0750. The molecule has 0 aliphatic carbocycles. The number of nitrogens with zero attached hydrogens (tertiary/aromatic N) is 2. The van der Waals surface area contributed by atoms with Crippen molar-refractivity contribution in [3.05, 3.63) is 70.3 Å². The van der Waals surface area contributed by atoms with E-state index in [0.717, 1.165) is 0 Å². The molecule has 2 aliphatic heterocycles. The van der Waals surface area contributed by atoms with Gasteiger partial charge in [-0.05, 0) is 36.8 Å². The SMILES string of the molecule is CC1(Cl)CS[C@@H]2C(NC(=O)COc3ccccc3)C(=O)N2C1C(=O)OCc1ccc([N+](=O)[O-])cc1. The topological polar surface area (TPSA) is 128 Å². The Balaban J connectivity index is 1.36. The van der Waals surface area contributed by atoms with E-state index in [2.05, 4.69) is 5.32 Å². The van der Waals surface area contributed by atoms with E-state index in [9.17, 15) is 24.5 Å². The molecule has 0 spiro atoms. The van der Waals surface area contributed by atoms with Crippen molar-refractivity contribution in [2.75, 3.05) is 12.4 Å². The Kier molecular flexibility index (Phi) is 7.18. The van der Waals surface area contributed by atoms with Gasteiger partial charge in [0.05, 0.1) is 9.80 Å². The number of nitrogens with one attached hydrogen (secondary N) is 1. The van der Waals surface area contributed by atoms with Crippen LogP contribution in [0.3, 0.4) is 0 Å². The van der Waals surface area contributed by atoms with Crippen molar-refractivity contribution in [3.8, 4) is 5.75 Å². The standard InChI is InChI=1S/C23H22ClN3O7S/c1-23(24)13-35-21-18(25-17(28)12-33-16-5-3-2-4-6-16)20(29)26(21)19(23)22(30)34-11-14-7-9-15(10-8-14)27(31)32/h2-10,18-19,21H,11-13H2,1H3,(H,25,28)/t18?,19?,21-,23?/m1/s1. The number of para-hydroxylation sites is 1. The lowest BCUT2D eigenvalue weighted by atomic mass is 9.94. The van der Waals surface area contributed by atoms with Gasteiger partial charge in [-0.25, -0.2) is 4.79 Å². The minimum atomic E-state index is -1.07. The van der Waals surface area contributed by atoms with Crippen molar-refractivity contribution in [1.82, 2.24) is 10.2 Å². The van der Waals surface area contributed by atoms with Crippen LogP contribution in [0.2, 0.25) is 0 Å². The lowest BCUT2D eigenvalue weighted by Gasteiger charge is -2.56. The maximum absolute atomic E-state index is 13.0. The van der Waals surface area contributed by atoms with Crippen LogP contribution in [0.25, 0.3) is 0 Å². The summed E-state index contributed by atoms with van der Waals surface area (Å²) in [5.74, 6) is -0.683. The van der Waals surface area contributed by atoms with Crippen LogP contribution in [0.15, 0.2) is 54.6 Å². The van der Waals surface area contributed by atoms with Gasteiger partial charge >= 0.3 is 5.97 Å². The molecule has 0 radical (unpaired) electrons. The van der Waals surface area contributed by atoms with E-state index in [1.807, 2.05) is 6.07 Å². The zero-order valence-corrected chi connectivity index (χ0v) is 20.2. The second-order valence-corrected chi connectivity index (χ2v) is 10.3. The van der Waals surface area contributed by atoms with Crippen LogP contribution in [0.5, 0.6) is 5.75 Å². The van der Waals surface area contributed by atoms with E-state index >= 15 is 0 Å². The first-order valence-electron chi connectivity index (χ1n) is 10.7. The number of β-lactam (4-membered cyclic amide) rings is 1. The molecule has 4 atom stereocenters. The molecule has 12 heteroatoms. The van der Waals surface area contributed by atoms with Gasteiger partial charge in [0.15, 0.2) is 12.6 Å². The van der Waals surface area contributed by atoms with Gasteiger partial charge in [-0.15, -0.1) is 23.4 Å². The number of nitro groups is 1. The van der Waals surface area contributed by atoms with Gasteiger partial charge in [-0.1, -0.05) is 18.2 Å². The highest BCUT2D eigenvalue weighted by Gasteiger charge is 2.61. The molecule has 0 aromatic heterocycles. The summed E-state index contributed by atoms with van der Waals surface area (Å²) in [6, 6.07) is 12.6. The van der Waals surface area contributed by atoms with Crippen LogP contribution < -0.4 is 10.1 Å². The lowest BCUT2D eigenvalue weighted by Crippen LogP contribution is -2.78. The lowest BCUT2D eigenvalue weighted by molar-refractivity contribution is -0.384. The molecule has 2 aromatic carbocycles. The first kappa shape index (κ1) is 24.8. The Hall–Kier alpha value is -3.31. The number of non-ortho nitro benzene ring substituents is 1. The number of ether oxygens (including phenoxy) is 2. The average molecular weight is 520 g/mol. The van der Waals surface area contributed by atoms with Crippen molar-refractivity contribution in [2.24, 2.45) is 0 Å². The van der Waals surface area contributed by atoms with Crippen LogP contribution in [0, 0.1) is 10.1 Å². The normalized spacial score (nSPS) is 25.1. The molecule has 0 bridgehead atoms. The third kappa shape index (κ3) is 5.35. The number of amides is 2. The van der Waals surface area contributed by atoms with Crippen LogP contribution in [-0.4, -0.2) is 62.3 Å². The van der Waals surface area contributed by atoms with E-state index in [0.29, 0.717) is 17.1 Å². The molecule has 2 amide bonds. The number of hydrogen-bond acceptors (Lipinski definition) is 8. The number of rotatable bonds is 8. The summed E-state index contributed by atoms with van der Waals surface area (Å²) in [7, 11) is 0. The Morgan fingerprint density at radius 3 is 2.57 bits per heavy atom. The molecule has 2 saturated heterocycles. The molecule has 0 saturated carbocycles. The van der Waals surface area contributed by atoms with Crippen molar-refractivity contribution in [1.29, 1.82) is 0 Å². The number of esters is 1. The fourth-order valence-electron chi connectivity index (χ4n) is 3.87. The summed E-state index contributed by atoms with van der Waals surface area (Å²) in [6.07, 6.45) is 0. The molecular formula is C23H22ClN3O7S. The monoisotopic (exact) mass is 519 g/mol. The Morgan fingerprint density at radius 2 is 1.91 bits per heavy atom. The smallest absolute Gasteiger partial charge is 0.331 e. The van der Waals surface area contributed by atoms with Gasteiger partial charge in [-0.2, -0.15) is 0 Å². The van der Waals surface area contributed by atoms with Crippen molar-refractivity contribution >= 4 is 46.8 Å². The van der Waals surface area contributed by atoms with E-state index in [1.165, 1.54) is 40.9 Å². The van der Waals surface area contributed by atoms with E-state index in [1.54, 1.807) is 31.2 Å². The van der Waals surface area contributed by atoms with Crippen LogP contribution in [-0.2, 0) is 25.7 Å². The predicted molar refractivity (Wildman–Crippen MR) is 128 cm³/mol. The number of benzene rings is 2. The van der Waals surface area contributed by atoms with E-state index in [-0.39, 0.29) is 18.9 Å². The Labute approximate surface area is 210 Å². The number of fused-ring (bicyclic) bond motifs is 1. The number of alkyl halides is 1. The molecule has 10 nitrogen and oxygen atoms in total. The highest BCUT2D eigenvalue weighted by molar-refractivity contribution is 8.00. The van der Waals surface area contributed by atoms with Gasteiger partial charge in [0.25, 0.3) is 11.6 Å². The van der Waals surface area contributed by atoms with Crippen LogP contribution in [0.4, 0.5) is 5.69 Å². The number of nitro benzene ring substituents is 1. The molecule has 3 unspecified atom stereocenters. The largest absolute Gasteiger partial charge is 0.484 e. The summed E-state index contributed by atoms with van der Waals surface area (Å²) in [4.78, 5) is 48.7. The summed E-state index contributed by atoms with van der Waals surface area (Å²) in [5.41, 5.74) is 0.481. The fourth-order valence-corrected chi connectivity index (χ4v) is 5.68. The Morgan fingerprint density at radius 1 is 1.23 bits per heavy atom. The summed E-state index contributed by atoms with van der Waals surface area (Å²) in [5, 5.41) is 13.0. The summed E-state index contributed by atoms with van der Waals surface area (Å²) in [6.45, 7) is 1.28. The number of thioether (sulfide) groups is 1. The molecule has 2 fully saturated rings. The second kappa shape index (κ2) is 10.1. The van der Waals surface area contributed by atoms with Gasteiger partial charge in [0, 0.05) is 17.9 Å². The molecule has 1 N–H and O–H groups in total. The maximum Gasteiger partial charge on any atom is 0.331 e. The summed E-state index contributed by atoms with van der Waals surface area (Å²) >= 11 is 7.98. The number of carbonyl (C=O) groups is 3. The second-order valence-electron chi connectivity index (χ2n) is 8.31. The van der Waals surface area contributed by atoms with Crippen molar-refractivity contribution in [2.45, 2.75) is 35.9 Å². The fraction of sp³-hybridized carbons (Fsp3) is 0.348. The Bertz CT molecular complexity index is 1130. The number of carbonyl (C=O) groups excluding carboxylic acids is 3. The molecule has 2 aromatic rings. The molecular weight excluding hydrogens is 498 g/mol. The average Bonchev–Trinajstić information content (AvgIpc) is 2.85. The molecule has 184 valence electrons.